The highest BCUT2D eigenvalue weighted by atomic mass is 16.5. The van der Waals surface area contributed by atoms with Crippen LogP contribution in [0.25, 0.3) is 0 Å². The summed E-state index contributed by atoms with van der Waals surface area (Å²) in [4.78, 5) is 25.0. The molecule has 6 heteroatoms. The predicted octanol–water partition coefficient (Wildman–Crippen LogP) is 9.04. The third-order valence-electron chi connectivity index (χ3n) is 7.18. The molecule has 0 saturated heterocycles. The third kappa shape index (κ3) is 10.5. The fourth-order valence-corrected chi connectivity index (χ4v) is 4.55. The summed E-state index contributed by atoms with van der Waals surface area (Å²) in [5.41, 5.74) is 5.14. The Morgan fingerprint density at radius 1 is 0.523 bits per heavy atom. The van der Waals surface area contributed by atoms with Crippen LogP contribution in [0.3, 0.4) is 0 Å². The molecule has 0 N–H and O–H groups in total. The van der Waals surface area contributed by atoms with Crippen LogP contribution in [0, 0.1) is 0 Å². The van der Waals surface area contributed by atoms with Crippen molar-refractivity contribution in [2.75, 3.05) is 0 Å². The largest absolute Gasteiger partial charge is 0.423 e. The van der Waals surface area contributed by atoms with Crippen LogP contribution in [0.4, 0.5) is 0 Å². The van der Waals surface area contributed by atoms with Crippen LogP contribution in [0.5, 0.6) is 11.5 Å². The zero-order valence-corrected chi connectivity index (χ0v) is 25.6. The second kappa shape index (κ2) is 17.3. The van der Waals surface area contributed by atoms with Gasteiger partial charge in [-0.1, -0.05) is 63.8 Å². The third-order valence-corrected chi connectivity index (χ3v) is 7.18. The van der Waals surface area contributed by atoms with E-state index in [2.05, 4.69) is 24.1 Å². The first-order chi connectivity index (χ1) is 21.5. The van der Waals surface area contributed by atoms with Gasteiger partial charge in [-0.3, -0.25) is 0 Å². The topological polar surface area (TPSA) is 77.3 Å². The van der Waals surface area contributed by atoms with Gasteiger partial charge in [0.1, 0.15) is 11.5 Å². The number of hydrogen-bond donors (Lipinski definition) is 0. The first-order valence-corrected chi connectivity index (χ1v) is 15.4. The highest BCUT2D eigenvalue weighted by molar-refractivity contribution is 5.92. The van der Waals surface area contributed by atoms with E-state index in [9.17, 15) is 9.59 Å². The van der Waals surface area contributed by atoms with Crippen LogP contribution in [0.1, 0.15) is 95.3 Å². The molecule has 0 aromatic heterocycles. The van der Waals surface area contributed by atoms with E-state index in [1.54, 1.807) is 36.7 Å². The van der Waals surface area contributed by atoms with E-state index in [0.29, 0.717) is 22.6 Å². The SMILES string of the molecule is CCCCCc1ccc(C(=O)Oc2ccc(/C=N/N=C/c3ccc(OC(=O)c4ccc(CCCCC)cc4)cc3)cc2)cc1. The highest BCUT2D eigenvalue weighted by Gasteiger charge is 2.10. The first-order valence-electron chi connectivity index (χ1n) is 15.4. The molecule has 0 amide bonds. The maximum absolute atomic E-state index is 12.5. The highest BCUT2D eigenvalue weighted by Crippen LogP contribution is 2.17. The van der Waals surface area contributed by atoms with Gasteiger partial charge in [0, 0.05) is 0 Å². The molecule has 0 aliphatic heterocycles. The van der Waals surface area contributed by atoms with Crippen molar-refractivity contribution in [3.63, 3.8) is 0 Å². The standard InChI is InChI=1S/C38H40N2O4/c1-3-5-7-9-29-11-19-33(20-12-29)37(41)43-35-23-15-31(16-24-35)27-39-40-28-32-17-25-36(26-18-32)44-38(42)34-21-13-30(14-22-34)10-8-6-4-2/h11-28H,3-10H2,1-2H3/b39-27+,40-28+. The van der Waals surface area contributed by atoms with Crippen molar-refractivity contribution in [2.24, 2.45) is 10.2 Å². The van der Waals surface area contributed by atoms with E-state index in [1.807, 2.05) is 72.8 Å². The van der Waals surface area contributed by atoms with Gasteiger partial charge in [0.2, 0.25) is 0 Å². The van der Waals surface area contributed by atoms with Crippen molar-refractivity contribution in [1.82, 2.24) is 0 Å². The molecule has 0 aliphatic carbocycles. The van der Waals surface area contributed by atoms with Crippen molar-refractivity contribution in [2.45, 2.75) is 65.2 Å². The molecule has 0 bridgehead atoms. The van der Waals surface area contributed by atoms with E-state index in [-0.39, 0.29) is 11.9 Å². The predicted molar refractivity (Wildman–Crippen MR) is 177 cm³/mol. The van der Waals surface area contributed by atoms with Gasteiger partial charge in [-0.15, -0.1) is 0 Å². The van der Waals surface area contributed by atoms with E-state index in [1.165, 1.54) is 36.8 Å². The summed E-state index contributed by atoms with van der Waals surface area (Å²) in [5.74, 6) is 0.151. The second-order valence-electron chi connectivity index (χ2n) is 10.7. The zero-order chi connectivity index (χ0) is 31.0. The van der Waals surface area contributed by atoms with Crippen molar-refractivity contribution in [3.8, 4) is 11.5 Å². The van der Waals surface area contributed by atoms with Gasteiger partial charge in [-0.2, -0.15) is 10.2 Å². The summed E-state index contributed by atoms with van der Waals surface area (Å²) >= 11 is 0. The summed E-state index contributed by atoms with van der Waals surface area (Å²) < 4.78 is 11.0. The van der Waals surface area contributed by atoms with Gasteiger partial charge in [0.15, 0.2) is 0 Å². The Kier molecular flexibility index (Phi) is 12.6. The van der Waals surface area contributed by atoms with Crippen molar-refractivity contribution in [3.05, 3.63) is 130 Å². The summed E-state index contributed by atoms with van der Waals surface area (Å²) in [6, 6.07) is 29.4. The van der Waals surface area contributed by atoms with Crippen LogP contribution in [-0.2, 0) is 12.8 Å². The summed E-state index contributed by atoms with van der Waals surface area (Å²) in [6.45, 7) is 4.37. The number of hydrogen-bond acceptors (Lipinski definition) is 6. The number of ether oxygens (including phenoxy) is 2. The lowest BCUT2D eigenvalue weighted by molar-refractivity contribution is 0.0725. The van der Waals surface area contributed by atoms with Gasteiger partial charge in [0.05, 0.1) is 23.6 Å². The number of esters is 2. The van der Waals surface area contributed by atoms with Crippen LogP contribution < -0.4 is 9.47 Å². The van der Waals surface area contributed by atoms with Crippen LogP contribution >= 0.6 is 0 Å². The van der Waals surface area contributed by atoms with Crippen LogP contribution in [0.2, 0.25) is 0 Å². The molecule has 0 saturated carbocycles. The Bertz CT molecular complexity index is 1400. The quantitative estimate of drug-likeness (QED) is 0.0456. The number of aryl methyl sites for hydroxylation is 2. The average Bonchev–Trinajstić information content (AvgIpc) is 3.05. The molecular formula is C38H40N2O4. The molecule has 4 aromatic carbocycles. The zero-order valence-electron chi connectivity index (χ0n) is 25.6. The lowest BCUT2D eigenvalue weighted by atomic mass is 10.1. The molecule has 44 heavy (non-hydrogen) atoms. The maximum Gasteiger partial charge on any atom is 0.343 e. The Morgan fingerprint density at radius 3 is 1.23 bits per heavy atom. The average molecular weight is 589 g/mol. The molecule has 0 heterocycles. The first kappa shape index (κ1) is 32.1. The number of carbonyl (C=O) groups is 2. The minimum atomic E-state index is -0.385. The fourth-order valence-electron chi connectivity index (χ4n) is 4.55. The number of benzene rings is 4. The summed E-state index contributed by atoms with van der Waals surface area (Å²) in [6.07, 6.45) is 12.4. The second-order valence-corrected chi connectivity index (χ2v) is 10.7. The molecule has 4 aromatic rings. The van der Waals surface area contributed by atoms with Gasteiger partial charge in [0.25, 0.3) is 0 Å². The maximum atomic E-state index is 12.5. The van der Waals surface area contributed by atoms with Crippen LogP contribution in [-0.4, -0.2) is 24.4 Å². The Labute approximate surface area is 260 Å². The number of carbonyl (C=O) groups excluding carboxylic acids is 2. The van der Waals surface area contributed by atoms with Gasteiger partial charge >= 0.3 is 11.9 Å². The van der Waals surface area contributed by atoms with E-state index in [4.69, 9.17) is 9.47 Å². The molecule has 6 nitrogen and oxygen atoms in total. The lowest BCUT2D eigenvalue weighted by Crippen LogP contribution is -2.08. The number of unbranched alkanes of at least 4 members (excludes halogenated alkanes) is 4. The van der Waals surface area contributed by atoms with Crippen LogP contribution in [0.15, 0.2) is 107 Å². The molecule has 0 unspecified atom stereocenters. The van der Waals surface area contributed by atoms with E-state index < -0.39 is 0 Å². The molecule has 0 radical (unpaired) electrons. The number of nitrogens with zero attached hydrogens (tertiary/aromatic N) is 2. The molecule has 0 atom stereocenters. The Morgan fingerprint density at radius 2 is 0.886 bits per heavy atom. The summed E-state index contributed by atoms with van der Waals surface area (Å²) in [7, 11) is 0. The van der Waals surface area contributed by atoms with Crippen molar-refractivity contribution < 1.29 is 19.1 Å². The minimum absolute atomic E-state index is 0.385. The Balaban J connectivity index is 1.22. The molecule has 226 valence electrons. The van der Waals surface area contributed by atoms with Gasteiger partial charge < -0.3 is 9.47 Å². The van der Waals surface area contributed by atoms with E-state index in [0.717, 1.165) is 36.8 Å². The molecule has 0 aliphatic rings. The number of rotatable bonds is 15. The Hall–Kier alpha value is -4.84. The molecule has 4 rings (SSSR count). The fraction of sp³-hybridized carbons (Fsp3) is 0.263. The minimum Gasteiger partial charge on any atom is -0.423 e. The monoisotopic (exact) mass is 588 g/mol. The van der Waals surface area contributed by atoms with E-state index >= 15 is 0 Å². The molecular weight excluding hydrogens is 548 g/mol. The summed E-state index contributed by atoms with van der Waals surface area (Å²) in [5, 5.41) is 8.20. The molecule has 0 fully saturated rings. The van der Waals surface area contributed by atoms with Crippen molar-refractivity contribution >= 4 is 24.4 Å². The smallest absolute Gasteiger partial charge is 0.343 e. The van der Waals surface area contributed by atoms with Gasteiger partial charge in [-0.05, 0) is 121 Å². The molecule has 0 spiro atoms. The van der Waals surface area contributed by atoms with Gasteiger partial charge in [-0.25, -0.2) is 9.59 Å². The normalized spacial score (nSPS) is 11.2. The lowest BCUT2D eigenvalue weighted by Gasteiger charge is -2.06. The van der Waals surface area contributed by atoms with Crippen molar-refractivity contribution in [1.29, 1.82) is 0 Å².